The number of likely N-dealkylation sites (tertiary alicyclic amines) is 1. The zero-order valence-corrected chi connectivity index (χ0v) is 22.1. The molecule has 2 aliphatic rings. The fourth-order valence-corrected chi connectivity index (χ4v) is 5.25. The average Bonchev–Trinajstić information content (AvgIpc) is 3.45. The van der Waals surface area contributed by atoms with E-state index in [-0.39, 0.29) is 17.4 Å². The highest BCUT2D eigenvalue weighted by Gasteiger charge is 2.37. The number of hydrogen-bond donors (Lipinski definition) is 0. The molecule has 184 valence electrons. The van der Waals surface area contributed by atoms with Gasteiger partial charge in [-0.25, -0.2) is 0 Å². The van der Waals surface area contributed by atoms with Gasteiger partial charge in [-0.05, 0) is 67.8 Å². The van der Waals surface area contributed by atoms with Gasteiger partial charge in [0.1, 0.15) is 13.2 Å². The van der Waals surface area contributed by atoms with Crippen molar-refractivity contribution in [1.82, 2.24) is 9.80 Å². The first-order chi connectivity index (χ1) is 16.9. The minimum atomic E-state index is -0.461. The summed E-state index contributed by atoms with van der Waals surface area (Å²) in [6.45, 7) is 5.87. The molecule has 0 aliphatic carbocycles. The van der Waals surface area contributed by atoms with E-state index in [1.807, 2.05) is 32.0 Å². The standard InChI is InChI=1S/C26H27BrN2O5S/c1-3-33-21-12-19(20(27)14-22(21)34-16-18-8-6-7-17(2)11-18)13-23-25(31)29(26(32)35-23)15-24(30)28-9-4-5-10-28/h6-8,11-14H,3-5,9-10,15-16H2,1-2H3/b23-13+. The van der Waals surface area contributed by atoms with Crippen LogP contribution in [0.25, 0.3) is 6.08 Å². The fraction of sp³-hybridized carbons (Fsp3) is 0.346. The van der Waals surface area contributed by atoms with Crippen molar-refractivity contribution in [1.29, 1.82) is 0 Å². The monoisotopic (exact) mass is 558 g/mol. The summed E-state index contributed by atoms with van der Waals surface area (Å²) >= 11 is 4.39. The molecule has 0 N–H and O–H groups in total. The van der Waals surface area contributed by atoms with Crippen molar-refractivity contribution >= 4 is 50.8 Å². The van der Waals surface area contributed by atoms with Gasteiger partial charge in [-0.3, -0.25) is 19.3 Å². The van der Waals surface area contributed by atoms with Crippen LogP contribution in [0.1, 0.15) is 36.5 Å². The Bertz CT molecular complexity index is 1180. The molecule has 2 saturated heterocycles. The molecule has 2 fully saturated rings. The minimum Gasteiger partial charge on any atom is -0.490 e. The van der Waals surface area contributed by atoms with E-state index in [2.05, 4.69) is 22.0 Å². The normalized spacial score (nSPS) is 16.9. The zero-order chi connectivity index (χ0) is 24.9. The lowest BCUT2D eigenvalue weighted by atomic mass is 10.1. The van der Waals surface area contributed by atoms with E-state index in [9.17, 15) is 14.4 Å². The maximum Gasteiger partial charge on any atom is 0.294 e. The van der Waals surface area contributed by atoms with E-state index < -0.39 is 11.1 Å². The number of benzene rings is 2. The SMILES string of the molecule is CCOc1cc(/C=C2/SC(=O)N(CC(=O)N3CCCC3)C2=O)c(Br)cc1OCc1cccc(C)c1. The van der Waals surface area contributed by atoms with Gasteiger partial charge in [-0.2, -0.15) is 0 Å². The molecule has 9 heteroatoms. The molecule has 2 aromatic rings. The fourth-order valence-electron chi connectivity index (χ4n) is 3.98. The van der Waals surface area contributed by atoms with Gasteiger partial charge >= 0.3 is 0 Å². The van der Waals surface area contributed by atoms with Crippen LogP contribution >= 0.6 is 27.7 Å². The Kier molecular flexibility index (Phi) is 8.18. The first-order valence-corrected chi connectivity index (χ1v) is 13.1. The molecule has 7 nitrogen and oxygen atoms in total. The second kappa shape index (κ2) is 11.3. The molecule has 0 atom stereocenters. The van der Waals surface area contributed by atoms with Gasteiger partial charge in [0.15, 0.2) is 11.5 Å². The van der Waals surface area contributed by atoms with Crippen molar-refractivity contribution in [2.45, 2.75) is 33.3 Å². The molecule has 35 heavy (non-hydrogen) atoms. The van der Waals surface area contributed by atoms with E-state index in [4.69, 9.17) is 9.47 Å². The lowest BCUT2D eigenvalue weighted by molar-refractivity contribution is -0.135. The zero-order valence-electron chi connectivity index (χ0n) is 19.7. The van der Waals surface area contributed by atoms with Crippen molar-refractivity contribution in [2.24, 2.45) is 0 Å². The Morgan fingerprint density at radius 2 is 1.86 bits per heavy atom. The van der Waals surface area contributed by atoms with E-state index in [1.165, 1.54) is 0 Å². The smallest absolute Gasteiger partial charge is 0.294 e. The third-order valence-corrected chi connectivity index (χ3v) is 7.35. The second-order valence-corrected chi connectivity index (χ2v) is 10.2. The van der Waals surface area contributed by atoms with Gasteiger partial charge in [-0.1, -0.05) is 45.8 Å². The highest BCUT2D eigenvalue weighted by atomic mass is 79.9. The summed E-state index contributed by atoms with van der Waals surface area (Å²) in [5, 5.41) is -0.437. The minimum absolute atomic E-state index is 0.194. The summed E-state index contributed by atoms with van der Waals surface area (Å²) in [6, 6.07) is 11.7. The van der Waals surface area contributed by atoms with Crippen LogP contribution in [0, 0.1) is 6.92 Å². The first kappa shape index (κ1) is 25.3. The molecule has 0 spiro atoms. The van der Waals surface area contributed by atoms with E-state index >= 15 is 0 Å². The third-order valence-electron chi connectivity index (χ3n) is 5.75. The molecule has 3 amide bonds. The van der Waals surface area contributed by atoms with Crippen molar-refractivity contribution in [3.63, 3.8) is 0 Å². The number of amides is 3. The average molecular weight is 559 g/mol. The largest absolute Gasteiger partial charge is 0.490 e. The third kappa shape index (κ3) is 6.08. The lowest BCUT2D eigenvalue weighted by Crippen LogP contribution is -2.40. The molecule has 0 aromatic heterocycles. The maximum absolute atomic E-state index is 12.9. The highest BCUT2D eigenvalue weighted by molar-refractivity contribution is 9.10. The van der Waals surface area contributed by atoms with Crippen LogP contribution in [-0.4, -0.2) is 53.1 Å². The van der Waals surface area contributed by atoms with Crippen LogP contribution in [0.15, 0.2) is 45.8 Å². The summed E-state index contributed by atoms with van der Waals surface area (Å²) in [6.07, 6.45) is 3.55. The van der Waals surface area contributed by atoms with Crippen molar-refractivity contribution in [3.05, 3.63) is 62.5 Å². The van der Waals surface area contributed by atoms with Crippen LogP contribution < -0.4 is 9.47 Å². The number of halogens is 1. The number of hydrogen-bond acceptors (Lipinski definition) is 6. The topological polar surface area (TPSA) is 76.2 Å². The molecule has 0 saturated carbocycles. The quantitative estimate of drug-likeness (QED) is 0.404. The molecule has 0 radical (unpaired) electrons. The van der Waals surface area contributed by atoms with Crippen molar-refractivity contribution in [2.75, 3.05) is 26.2 Å². The predicted octanol–water partition coefficient (Wildman–Crippen LogP) is 5.39. The molecule has 2 aromatic carbocycles. The first-order valence-electron chi connectivity index (χ1n) is 11.5. The van der Waals surface area contributed by atoms with Crippen molar-refractivity contribution < 1.29 is 23.9 Å². The number of ether oxygens (including phenoxy) is 2. The number of carbonyl (C=O) groups excluding carboxylic acids is 3. The van der Waals surface area contributed by atoms with Gasteiger partial charge in [0.2, 0.25) is 5.91 Å². The number of aryl methyl sites for hydroxylation is 1. The summed E-state index contributed by atoms with van der Waals surface area (Å²) in [7, 11) is 0. The number of nitrogens with zero attached hydrogens (tertiary/aromatic N) is 2. The number of imide groups is 1. The number of carbonyl (C=O) groups is 3. The molecule has 2 heterocycles. The van der Waals surface area contributed by atoms with Gasteiger partial charge in [0, 0.05) is 17.6 Å². The van der Waals surface area contributed by atoms with Gasteiger partial charge in [0.25, 0.3) is 11.1 Å². The van der Waals surface area contributed by atoms with Crippen LogP contribution in [0.2, 0.25) is 0 Å². The van der Waals surface area contributed by atoms with Gasteiger partial charge < -0.3 is 14.4 Å². The molecular formula is C26H27BrN2O5S. The van der Waals surface area contributed by atoms with Gasteiger partial charge in [-0.15, -0.1) is 0 Å². The van der Waals surface area contributed by atoms with Crippen LogP contribution in [-0.2, 0) is 16.2 Å². The predicted molar refractivity (Wildman–Crippen MR) is 139 cm³/mol. The van der Waals surface area contributed by atoms with E-state index in [0.717, 1.165) is 40.6 Å². The Labute approximate surface area is 217 Å². The number of thioether (sulfide) groups is 1. The maximum atomic E-state index is 12.9. The lowest BCUT2D eigenvalue weighted by Gasteiger charge is -2.18. The Balaban J connectivity index is 1.52. The number of rotatable bonds is 8. The molecular weight excluding hydrogens is 532 g/mol. The highest BCUT2D eigenvalue weighted by Crippen LogP contribution is 2.38. The summed E-state index contributed by atoms with van der Waals surface area (Å²) in [5.74, 6) is 0.456. The van der Waals surface area contributed by atoms with Crippen LogP contribution in [0.3, 0.4) is 0 Å². The van der Waals surface area contributed by atoms with Crippen molar-refractivity contribution in [3.8, 4) is 11.5 Å². The summed E-state index contributed by atoms with van der Waals surface area (Å²) in [5.41, 5.74) is 2.88. The Morgan fingerprint density at radius 3 is 2.57 bits per heavy atom. The van der Waals surface area contributed by atoms with Crippen LogP contribution in [0.4, 0.5) is 4.79 Å². The summed E-state index contributed by atoms with van der Waals surface area (Å²) < 4.78 is 12.5. The molecule has 0 bridgehead atoms. The van der Waals surface area contributed by atoms with Crippen LogP contribution in [0.5, 0.6) is 11.5 Å². The molecule has 0 unspecified atom stereocenters. The Morgan fingerprint density at radius 1 is 1.11 bits per heavy atom. The second-order valence-electron chi connectivity index (χ2n) is 8.39. The molecule has 4 rings (SSSR count). The molecule has 2 aliphatic heterocycles. The Hall–Kier alpha value is -2.78. The van der Waals surface area contributed by atoms with Gasteiger partial charge in [0.05, 0.1) is 11.5 Å². The van der Waals surface area contributed by atoms with E-state index in [1.54, 1.807) is 23.1 Å². The van der Waals surface area contributed by atoms with E-state index in [0.29, 0.717) is 47.8 Å². The summed E-state index contributed by atoms with van der Waals surface area (Å²) in [4.78, 5) is 40.9.